The first-order valence-electron chi connectivity index (χ1n) is 6.65. The fraction of sp³-hybridized carbons (Fsp3) is 0.500. The molecule has 5 heteroatoms. The summed E-state index contributed by atoms with van der Waals surface area (Å²) in [4.78, 5) is 11.6. The molecule has 2 atom stereocenters. The second-order valence-corrected chi connectivity index (χ2v) is 4.98. The van der Waals surface area contributed by atoms with Gasteiger partial charge in [0.1, 0.15) is 5.75 Å². The highest BCUT2D eigenvalue weighted by atomic mass is 16.5. The third-order valence-electron chi connectivity index (χ3n) is 3.44. The number of carbonyl (C=O) groups is 1. The second-order valence-electron chi connectivity index (χ2n) is 4.98. The lowest BCUT2D eigenvalue weighted by atomic mass is 10.0. The molecule has 2 unspecified atom stereocenters. The van der Waals surface area contributed by atoms with Gasteiger partial charge >= 0.3 is 0 Å². The van der Waals surface area contributed by atoms with Crippen LogP contribution in [0.5, 0.6) is 5.75 Å². The van der Waals surface area contributed by atoms with Crippen molar-refractivity contribution in [2.45, 2.75) is 25.6 Å². The van der Waals surface area contributed by atoms with Gasteiger partial charge in [-0.2, -0.15) is 0 Å². The summed E-state index contributed by atoms with van der Waals surface area (Å²) in [5.41, 5.74) is 1.90. The minimum Gasteiger partial charge on any atom is -0.479 e. The monoisotopic (exact) mass is 262 g/mol. The molecular formula is C14H18N2O3. The average Bonchev–Trinajstić information content (AvgIpc) is 2.42. The van der Waals surface area contributed by atoms with Crippen LogP contribution in [-0.4, -0.2) is 37.8 Å². The smallest absolute Gasteiger partial charge is 0.265 e. The zero-order chi connectivity index (χ0) is 13.2. The lowest BCUT2D eigenvalue weighted by Crippen LogP contribution is -2.39. The Balaban J connectivity index is 1.74. The van der Waals surface area contributed by atoms with Crippen molar-refractivity contribution in [3.63, 3.8) is 0 Å². The van der Waals surface area contributed by atoms with E-state index in [-0.39, 0.29) is 12.0 Å². The number of rotatable bonds is 2. The van der Waals surface area contributed by atoms with E-state index in [1.54, 1.807) is 6.92 Å². The molecule has 19 heavy (non-hydrogen) atoms. The second kappa shape index (κ2) is 5.19. The van der Waals surface area contributed by atoms with Crippen molar-refractivity contribution in [3.05, 3.63) is 23.8 Å². The van der Waals surface area contributed by atoms with Gasteiger partial charge in [-0.1, -0.05) is 6.07 Å². The molecule has 0 aromatic heterocycles. The minimum atomic E-state index is -0.427. The maximum absolute atomic E-state index is 11.6. The van der Waals surface area contributed by atoms with Crippen LogP contribution in [0.3, 0.4) is 0 Å². The maximum Gasteiger partial charge on any atom is 0.265 e. The minimum absolute atomic E-state index is 0.0970. The molecule has 2 aliphatic heterocycles. The van der Waals surface area contributed by atoms with Crippen molar-refractivity contribution < 1.29 is 14.3 Å². The quantitative estimate of drug-likeness (QED) is 0.832. The molecule has 0 saturated carbocycles. The Labute approximate surface area is 112 Å². The molecule has 2 heterocycles. The summed E-state index contributed by atoms with van der Waals surface area (Å²) in [5.74, 6) is 0.638. The third-order valence-corrected chi connectivity index (χ3v) is 3.44. The number of carbonyl (C=O) groups excluding carboxylic acids is 1. The highest BCUT2D eigenvalue weighted by molar-refractivity contribution is 5.97. The van der Waals surface area contributed by atoms with Crippen LogP contribution >= 0.6 is 0 Å². The van der Waals surface area contributed by atoms with Crippen molar-refractivity contribution >= 4 is 11.6 Å². The fourth-order valence-corrected chi connectivity index (χ4v) is 2.40. The number of hydrogen-bond donors (Lipinski definition) is 2. The van der Waals surface area contributed by atoms with E-state index in [1.165, 1.54) is 0 Å². The van der Waals surface area contributed by atoms with E-state index < -0.39 is 6.10 Å². The molecule has 0 bridgehead atoms. The average molecular weight is 262 g/mol. The molecule has 1 saturated heterocycles. The SMILES string of the molecule is CC1Oc2ccc(CC3CNCCO3)cc2NC1=O. The lowest BCUT2D eigenvalue weighted by Gasteiger charge is -2.26. The van der Waals surface area contributed by atoms with Crippen LogP contribution in [0.1, 0.15) is 12.5 Å². The molecule has 1 fully saturated rings. The molecule has 0 aliphatic carbocycles. The summed E-state index contributed by atoms with van der Waals surface area (Å²) in [6, 6.07) is 5.91. The van der Waals surface area contributed by atoms with Crippen LogP contribution < -0.4 is 15.4 Å². The van der Waals surface area contributed by atoms with Gasteiger partial charge < -0.3 is 20.1 Å². The van der Waals surface area contributed by atoms with Gasteiger partial charge in [-0.05, 0) is 31.0 Å². The van der Waals surface area contributed by atoms with Crippen molar-refractivity contribution in [2.75, 3.05) is 25.0 Å². The first kappa shape index (κ1) is 12.4. The molecular weight excluding hydrogens is 244 g/mol. The predicted molar refractivity (Wildman–Crippen MR) is 71.5 cm³/mol. The number of ether oxygens (including phenoxy) is 2. The van der Waals surface area contributed by atoms with E-state index in [2.05, 4.69) is 10.6 Å². The fourth-order valence-electron chi connectivity index (χ4n) is 2.40. The summed E-state index contributed by atoms with van der Waals surface area (Å²) in [5, 5.41) is 6.18. The molecule has 0 radical (unpaired) electrons. The lowest BCUT2D eigenvalue weighted by molar-refractivity contribution is -0.122. The molecule has 1 amide bonds. The Morgan fingerprint density at radius 2 is 2.32 bits per heavy atom. The zero-order valence-electron chi connectivity index (χ0n) is 10.9. The topological polar surface area (TPSA) is 59.6 Å². The number of morpholine rings is 1. The van der Waals surface area contributed by atoms with Crippen LogP contribution in [0.2, 0.25) is 0 Å². The highest BCUT2D eigenvalue weighted by Gasteiger charge is 2.24. The molecule has 102 valence electrons. The van der Waals surface area contributed by atoms with Gasteiger partial charge in [-0.25, -0.2) is 0 Å². The molecule has 3 rings (SSSR count). The van der Waals surface area contributed by atoms with Gasteiger partial charge in [-0.3, -0.25) is 4.79 Å². The van der Waals surface area contributed by atoms with Crippen LogP contribution in [0.4, 0.5) is 5.69 Å². The van der Waals surface area contributed by atoms with Crippen LogP contribution in [0, 0.1) is 0 Å². The molecule has 1 aromatic rings. The maximum atomic E-state index is 11.6. The summed E-state index contributed by atoms with van der Waals surface area (Å²) in [6.07, 6.45) is 0.612. The largest absolute Gasteiger partial charge is 0.479 e. The summed E-state index contributed by atoms with van der Waals surface area (Å²) < 4.78 is 11.2. The van der Waals surface area contributed by atoms with Crippen molar-refractivity contribution in [3.8, 4) is 5.75 Å². The van der Waals surface area contributed by atoms with E-state index in [9.17, 15) is 4.79 Å². The predicted octanol–water partition coefficient (Wildman–Crippen LogP) is 0.937. The Hall–Kier alpha value is -1.59. The van der Waals surface area contributed by atoms with Crippen LogP contribution in [0.15, 0.2) is 18.2 Å². The Bertz CT molecular complexity index is 484. The zero-order valence-corrected chi connectivity index (χ0v) is 10.9. The first-order chi connectivity index (χ1) is 9.22. The van der Waals surface area contributed by atoms with Gasteiger partial charge in [-0.15, -0.1) is 0 Å². The van der Waals surface area contributed by atoms with Crippen molar-refractivity contribution in [1.82, 2.24) is 5.32 Å². The van der Waals surface area contributed by atoms with Gasteiger partial charge in [0.15, 0.2) is 6.10 Å². The molecule has 0 spiro atoms. The molecule has 2 aliphatic rings. The van der Waals surface area contributed by atoms with Gasteiger partial charge in [0, 0.05) is 13.1 Å². The summed E-state index contributed by atoms with van der Waals surface area (Å²) in [6.45, 7) is 4.29. The Morgan fingerprint density at radius 3 is 3.11 bits per heavy atom. The van der Waals surface area contributed by atoms with Crippen LogP contribution in [0.25, 0.3) is 0 Å². The number of fused-ring (bicyclic) bond motifs is 1. The van der Waals surface area contributed by atoms with Gasteiger partial charge in [0.05, 0.1) is 18.4 Å². The number of amides is 1. The van der Waals surface area contributed by atoms with Crippen molar-refractivity contribution in [2.24, 2.45) is 0 Å². The number of benzene rings is 1. The van der Waals surface area contributed by atoms with E-state index in [1.807, 2.05) is 18.2 Å². The van der Waals surface area contributed by atoms with E-state index in [0.717, 1.165) is 43.1 Å². The highest BCUT2D eigenvalue weighted by Crippen LogP contribution is 2.30. The number of anilines is 1. The third kappa shape index (κ3) is 2.72. The Kier molecular flexibility index (Phi) is 3.40. The Morgan fingerprint density at radius 1 is 1.42 bits per heavy atom. The van der Waals surface area contributed by atoms with Crippen molar-refractivity contribution in [1.29, 1.82) is 0 Å². The normalized spacial score (nSPS) is 26.3. The standard InChI is InChI=1S/C14H18N2O3/c1-9-14(17)16-12-7-10(2-3-13(12)19-9)6-11-8-15-4-5-18-11/h2-3,7,9,11,15H,4-6,8H2,1H3,(H,16,17). The van der Waals surface area contributed by atoms with E-state index >= 15 is 0 Å². The molecule has 5 nitrogen and oxygen atoms in total. The number of nitrogens with one attached hydrogen (secondary N) is 2. The molecule has 1 aromatic carbocycles. The summed E-state index contributed by atoms with van der Waals surface area (Å²) >= 11 is 0. The van der Waals surface area contributed by atoms with E-state index in [4.69, 9.17) is 9.47 Å². The molecule has 2 N–H and O–H groups in total. The van der Waals surface area contributed by atoms with E-state index in [0.29, 0.717) is 0 Å². The van der Waals surface area contributed by atoms with Crippen LogP contribution in [-0.2, 0) is 16.0 Å². The van der Waals surface area contributed by atoms with Gasteiger partial charge in [0.25, 0.3) is 5.91 Å². The summed E-state index contributed by atoms with van der Waals surface area (Å²) in [7, 11) is 0. The van der Waals surface area contributed by atoms with Gasteiger partial charge in [0.2, 0.25) is 0 Å². The first-order valence-corrected chi connectivity index (χ1v) is 6.65. The number of hydrogen-bond acceptors (Lipinski definition) is 4.